The van der Waals surface area contributed by atoms with Crippen LogP contribution < -0.4 is 11.5 Å². The zero-order chi connectivity index (χ0) is 11.9. The van der Waals surface area contributed by atoms with Crippen LogP contribution in [-0.4, -0.2) is 16.7 Å². The molecule has 2 rings (SSSR count). The summed E-state index contributed by atoms with van der Waals surface area (Å²) in [5.41, 5.74) is 5.79. The molecule has 6 nitrogen and oxygen atoms in total. The van der Waals surface area contributed by atoms with E-state index in [2.05, 4.69) is 4.98 Å². The third kappa shape index (κ3) is 1.50. The molecule has 0 saturated heterocycles. The minimum Gasteiger partial charge on any atom is -0.407 e. The molecule has 0 atom stereocenters. The zero-order valence-corrected chi connectivity index (χ0v) is 8.37. The number of nitrogens with two attached hydrogens (primary N) is 1. The molecule has 0 aliphatic rings. The van der Waals surface area contributed by atoms with Gasteiger partial charge in [0.05, 0.1) is 11.1 Å². The number of carbonyl (C=O) groups excluding carboxylic acids is 2. The highest BCUT2D eigenvalue weighted by Crippen LogP contribution is 2.18. The molecule has 6 heteroatoms. The molecule has 0 spiro atoms. The smallest absolute Gasteiger partial charge is 0.407 e. The van der Waals surface area contributed by atoms with Crippen molar-refractivity contribution in [2.75, 3.05) is 0 Å². The maximum atomic E-state index is 11.2. The predicted molar refractivity (Wildman–Crippen MR) is 55.4 cm³/mol. The Kier molecular flexibility index (Phi) is 2.12. The van der Waals surface area contributed by atoms with Crippen LogP contribution in [0.4, 0.5) is 0 Å². The Labute approximate surface area is 89.0 Å². The average Bonchev–Trinajstić information content (AvgIpc) is 2.55. The van der Waals surface area contributed by atoms with Crippen LogP contribution in [0.1, 0.15) is 27.6 Å². The van der Waals surface area contributed by atoms with Crippen LogP contribution in [0.5, 0.6) is 0 Å². The van der Waals surface area contributed by atoms with E-state index in [4.69, 9.17) is 10.2 Å². The first-order valence-corrected chi connectivity index (χ1v) is 4.46. The first kappa shape index (κ1) is 10.2. The average molecular weight is 220 g/mol. The molecule has 0 saturated carbocycles. The van der Waals surface area contributed by atoms with Gasteiger partial charge < -0.3 is 10.2 Å². The number of carbonyl (C=O) groups is 2. The zero-order valence-electron chi connectivity index (χ0n) is 8.37. The summed E-state index contributed by atoms with van der Waals surface area (Å²) < 4.78 is 4.77. The van der Waals surface area contributed by atoms with Gasteiger partial charge >= 0.3 is 5.76 Å². The second kappa shape index (κ2) is 3.34. The van der Waals surface area contributed by atoms with Crippen LogP contribution in [-0.2, 0) is 0 Å². The number of hydrogen-bond donors (Lipinski definition) is 2. The molecule has 3 N–H and O–H groups in total. The standard InChI is InChI=1S/C10H8N2O4/c1-4(13)5-2-6(9(11)14)8-7(3-5)12-10(15)16-8/h2-3H,1H3,(H2,11,14)(H,12,15). The van der Waals surface area contributed by atoms with Crippen LogP contribution in [0, 0.1) is 0 Å². The molecule has 0 aliphatic heterocycles. The summed E-state index contributed by atoms with van der Waals surface area (Å²) in [6, 6.07) is 2.75. The van der Waals surface area contributed by atoms with Crippen LogP contribution >= 0.6 is 0 Å². The van der Waals surface area contributed by atoms with Crippen molar-refractivity contribution in [2.24, 2.45) is 5.73 Å². The topological polar surface area (TPSA) is 106 Å². The molecule has 0 radical (unpaired) electrons. The lowest BCUT2D eigenvalue weighted by Gasteiger charge is -1.99. The second-order valence-electron chi connectivity index (χ2n) is 3.34. The van der Waals surface area contributed by atoms with E-state index in [0.29, 0.717) is 5.56 Å². The second-order valence-corrected chi connectivity index (χ2v) is 3.34. The summed E-state index contributed by atoms with van der Waals surface area (Å²) in [5.74, 6) is -1.68. The number of H-pyrrole nitrogens is 1. The number of hydrogen-bond acceptors (Lipinski definition) is 4. The van der Waals surface area contributed by atoms with Gasteiger partial charge in [0.15, 0.2) is 11.4 Å². The van der Waals surface area contributed by atoms with Crippen molar-refractivity contribution < 1.29 is 14.0 Å². The predicted octanol–water partition coefficient (Wildman–Crippen LogP) is 0.423. The van der Waals surface area contributed by atoms with E-state index in [1.807, 2.05) is 0 Å². The Balaban J connectivity index is 2.88. The number of aromatic amines is 1. The number of amides is 1. The Bertz CT molecular complexity index is 650. The number of benzene rings is 1. The van der Waals surface area contributed by atoms with Crippen molar-refractivity contribution in [3.8, 4) is 0 Å². The number of ketones is 1. The minimum atomic E-state index is -0.754. The largest absolute Gasteiger partial charge is 0.417 e. The molecule has 82 valence electrons. The van der Waals surface area contributed by atoms with E-state index in [0.717, 1.165) is 0 Å². The van der Waals surface area contributed by atoms with Crippen molar-refractivity contribution in [1.82, 2.24) is 4.98 Å². The summed E-state index contributed by atoms with van der Waals surface area (Å²) >= 11 is 0. The van der Waals surface area contributed by atoms with Gasteiger partial charge in [-0.25, -0.2) is 4.79 Å². The molecule has 2 aromatic rings. The third-order valence-corrected chi connectivity index (χ3v) is 2.19. The van der Waals surface area contributed by atoms with E-state index in [1.165, 1.54) is 19.1 Å². The molecule has 0 unspecified atom stereocenters. The van der Waals surface area contributed by atoms with Crippen molar-refractivity contribution in [1.29, 1.82) is 0 Å². The molecule has 0 bridgehead atoms. The number of aromatic nitrogens is 1. The lowest BCUT2D eigenvalue weighted by molar-refractivity contribution is 0.100. The van der Waals surface area contributed by atoms with Crippen molar-refractivity contribution in [2.45, 2.75) is 6.92 Å². The van der Waals surface area contributed by atoms with Crippen LogP contribution in [0.2, 0.25) is 0 Å². The van der Waals surface area contributed by atoms with E-state index in [-0.39, 0.29) is 22.4 Å². The van der Waals surface area contributed by atoms with Gasteiger partial charge in [0.1, 0.15) is 0 Å². The molecule has 1 amide bonds. The first-order chi connectivity index (χ1) is 7.49. The number of rotatable bonds is 2. The van der Waals surface area contributed by atoms with Crippen LogP contribution in [0.3, 0.4) is 0 Å². The number of primary amides is 1. The van der Waals surface area contributed by atoms with Gasteiger partial charge in [0.2, 0.25) is 0 Å². The molecule has 16 heavy (non-hydrogen) atoms. The number of oxazole rings is 1. The van der Waals surface area contributed by atoms with Gasteiger partial charge in [-0.3, -0.25) is 14.6 Å². The Morgan fingerprint density at radius 2 is 2.06 bits per heavy atom. The fourth-order valence-electron chi connectivity index (χ4n) is 1.45. The first-order valence-electron chi connectivity index (χ1n) is 4.46. The molecular formula is C10H8N2O4. The van der Waals surface area contributed by atoms with Gasteiger partial charge in [-0.05, 0) is 19.1 Å². The lowest BCUT2D eigenvalue weighted by Crippen LogP contribution is -2.12. The lowest BCUT2D eigenvalue weighted by atomic mass is 10.1. The summed E-state index contributed by atoms with van der Waals surface area (Å²) in [6.45, 7) is 1.35. The highest BCUT2D eigenvalue weighted by Gasteiger charge is 2.15. The highest BCUT2D eigenvalue weighted by atomic mass is 16.4. The summed E-state index contributed by atoms with van der Waals surface area (Å²) in [5, 5.41) is 0. The molecule has 0 aliphatic carbocycles. The van der Waals surface area contributed by atoms with Gasteiger partial charge in [-0.15, -0.1) is 0 Å². The summed E-state index contributed by atoms with van der Waals surface area (Å²) in [4.78, 5) is 35.7. The number of Topliss-reactive ketones (excluding diaryl/α,β-unsaturated/α-hetero) is 1. The third-order valence-electron chi connectivity index (χ3n) is 2.19. The Morgan fingerprint density at radius 1 is 1.38 bits per heavy atom. The molecular weight excluding hydrogens is 212 g/mol. The molecule has 0 fully saturated rings. The van der Waals surface area contributed by atoms with Gasteiger partial charge in [0.25, 0.3) is 5.91 Å². The SMILES string of the molecule is CC(=O)c1cc(C(N)=O)c2oc(=O)[nH]c2c1. The Morgan fingerprint density at radius 3 is 2.62 bits per heavy atom. The molecule has 1 aromatic carbocycles. The van der Waals surface area contributed by atoms with Gasteiger partial charge in [0, 0.05) is 5.56 Å². The van der Waals surface area contributed by atoms with Crippen molar-refractivity contribution in [3.63, 3.8) is 0 Å². The summed E-state index contributed by atoms with van der Waals surface area (Å²) in [6.07, 6.45) is 0. The molecule has 1 aromatic heterocycles. The van der Waals surface area contributed by atoms with E-state index in [9.17, 15) is 14.4 Å². The van der Waals surface area contributed by atoms with E-state index >= 15 is 0 Å². The maximum Gasteiger partial charge on any atom is 0.417 e. The van der Waals surface area contributed by atoms with Crippen molar-refractivity contribution in [3.05, 3.63) is 33.8 Å². The number of nitrogens with one attached hydrogen (secondary N) is 1. The fourth-order valence-corrected chi connectivity index (χ4v) is 1.45. The quantitative estimate of drug-likeness (QED) is 0.715. The van der Waals surface area contributed by atoms with Crippen molar-refractivity contribution >= 4 is 22.8 Å². The van der Waals surface area contributed by atoms with E-state index in [1.54, 1.807) is 0 Å². The minimum absolute atomic E-state index is 0.0149. The normalized spacial score (nSPS) is 10.6. The van der Waals surface area contributed by atoms with Crippen LogP contribution in [0.25, 0.3) is 11.1 Å². The number of fused-ring (bicyclic) bond motifs is 1. The summed E-state index contributed by atoms with van der Waals surface area (Å²) in [7, 11) is 0. The van der Waals surface area contributed by atoms with E-state index < -0.39 is 11.7 Å². The van der Waals surface area contributed by atoms with Gasteiger partial charge in [-0.1, -0.05) is 0 Å². The highest BCUT2D eigenvalue weighted by molar-refractivity contribution is 6.07. The monoisotopic (exact) mass is 220 g/mol. The molecule has 1 heterocycles. The fraction of sp³-hybridized carbons (Fsp3) is 0.100. The van der Waals surface area contributed by atoms with Crippen LogP contribution in [0.15, 0.2) is 21.3 Å². The Hall–Kier alpha value is -2.37. The van der Waals surface area contributed by atoms with Gasteiger partial charge in [-0.2, -0.15) is 0 Å². The maximum absolute atomic E-state index is 11.2.